The van der Waals surface area contributed by atoms with Crippen molar-refractivity contribution >= 4 is 34.6 Å². The molecule has 204 valence electrons. The molecular weight excluding hydrogens is 510 g/mol. The van der Waals surface area contributed by atoms with Crippen molar-refractivity contribution in [2.45, 2.75) is 12.5 Å². The summed E-state index contributed by atoms with van der Waals surface area (Å²) < 4.78 is 38.9. The molecule has 2 fully saturated rings. The van der Waals surface area contributed by atoms with Gasteiger partial charge in [0.1, 0.15) is 29.5 Å². The third-order valence-corrected chi connectivity index (χ3v) is 6.43. The van der Waals surface area contributed by atoms with E-state index in [0.717, 1.165) is 11.8 Å². The van der Waals surface area contributed by atoms with Crippen LogP contribution in [0.15, 0.2) is 55.4 Å². The Kier molecular flexibility index (Phi) is 7.84. The van der Waals surface area contributed by atoms with Gasteiger partial charge >= 0.3 is 0 Å². The molecule has 1 amide bonds. The number of methoxy groups -OCH3 is 1. The SMILES string of the molecule is C=CC(=O)Nc1cc(Nc2cc(N3OCCC3c3cc(F)cc(F)c3)ncn2)c(OC)cc1N1CCOCC1. The van der Waals surface area contributed by atoms with Crippen LogP contribution in [0.2, 0.25) is 0 Å². The van der Waals surface area contributed by atoms with E-state index in [9.17, 15) is 13.6 Å². The van der Waals surface area contributed by atoms with Crippen LogP contribution in [0.3, 0.4) is 0 Å². The number of aromatic nitrogens is 2. The second-order valence-electron chi connectivity index (χ2n) is 8.92. The number of hydrogen-bond donors (Lipinski definition) is 2. The molecule has 3 aromatic rings. The van der Waals surface area contributed by atoms with Gasteiger partial charge in [-0.3, -0.25) is 9.63 Å². The lowest BCUT2D eigenvalue weighted by molar-refractivity contribution is -0.111. The van der Waals surface area contributed by atoms with Gasteiger partial charge in [0.25, 0.3) is 0 Å². The Morgan fingerprint density at radius 1 is 1.08 bits per heavy atom. The van der Waals surface area contributed by atoms with Crippen molar-refractivity contribution < 1.29 is 27.9 Å². The number of hydroxylamine groups is 1. The lowest BCUT2D eigenvalue weighted by atomic mass is 10.0. The van der Waals surface area contributed by atoms with Crippen molar-refractivity contribution in [3.8, 4) is 5.75 Å². The van der Waals surface area contributed by atoms with E-state index in [1.54, 1.807) is 19.2 Å². The quantitative estimate of drug-likeness (QED) is 0.406. The molecule has 12 heteroatoms. The summed E-state index contributed by atoms with van der Waals surface area (Å²) in [5.41, 5.74) is 2.34. The van der Waals surface area contributed by atoms with Gasteiger partial charge in [-0.05, 0) is 29.8 Å². The zero-order chi connectivity index (χ0) is 27.4. The molecule has 1 atom stereocenters. The first-order chi connectivity index (χ1) is 18.9. The van der Waals surface area contributed by atoms with Gasteiger partial charge < -0.3 is 25.0 Å². The van der Waals surface area contributed by atoms with Crippen LogP contribution in [0.5, 0.6) is 5.75 Å². The summed E-state index contributed by atoms with van der Waals surface area (Å²) >= 11 is 0. The van der Waals surface area contributed by atoms with Gasteiger partial charge in [0.2, 0.25) is 5.91 Å². The van der Waals surface area contributed by atoms with Crippen molar-refractivity contribution in [3.63, 3.8) is 0 Å². The van der Waals surface area contributed by atoms with Crippen LogP contribution < -0.4 is 25.3 Å². The molecule has 3 heterocycles. The minimum Gasteiger partial charge on any atom is -0.494 e. The van der Waals surface area contributed by atoms with E-state index in [1.165, 1.54) is 29.6 Å². The van der Waals surface area contributed by atoms with E-state index in [0.29, 0.717) is 73.7 Å². The Labute approximate surface area is 224 Å². The Morgan fingerprint density at radius 3 is 2.56 bits per heavy atom. The maximum Gasteiger partial charge on any atom is 0.247 e. The van der Waals surface area contributed by atoms with Gasteiger partial charge in [0.15, 0.2) is 5.82 Å². The molecule has 0 radical (unpaired) electrons. The molecule has 0 bridgehead atoms. The molecule has 0 saturated carbocycles. The highest BCUT2D eigenvalue weighted by atomic mass is 19.1. The maximum atomic E-state index is 13.9. The molecule has 5 rings (SSSR count). The highest BCUT2D eigenvalue weighted by molar-refractivity contribution is 6.02. The standard InChI is InChI=1S/C27H28F2N6O4/c1-3-27(36)33-20-13-21(24(37-2)14-23(20)34-5-8-38-9-6-34)32-25-15-26(31-16-30-25)35-22(4-7-39-35)17-10-18(28)12-19(29)11-17/h3,10-16,22H,1,4-9H2,2H3,(H,33,36)(H,30,31,32). The zero-order valence-corrected chi connectivity index (χ0v) is 21.3. The van der Waals surface area contributed by atoms with Crippen molar-refractivity contribution in [1.29, 1.82) is 0 Å². The van der Waals surface area contributed by atoms with Gasteiger partial charge in [-0.2, -0.15) is 0 Å². The molecular formula is C27H28F2N6O4. The molecule has 2 aliphatic rings. The third kappa shape index (κ3) is 5.91. The Hall–Kier alpha value is -4.29. The van der Waals surface area contributed by atoms with Crippen molar-refractivity contribution in [2.24, 2.45) is 0 Å². The minimum absolute atomic E-state index is 0.351. The largest absolute Gasteiger partial charge is 0.494 e. The number of anilines is 5. The highest BCUT2D eigenvalue weighted by Gasteiger charge is 2.30. The number of carbonyl (C=O) groups is 1. The Bertz CT molecular complexity index is 1350. The first-order valence-corrected chi connectivity index (χ1v) is 12.4. The first-order valence-electron chi connectivity index (χ1n) is 12.4. The summed E-state index contributed by atoms with van der Waals surface area (Å²) in [6.45, 7) is 6.37. The van der Waals surface area contributed by atoms with Gasteiger partial charge in [0.05, 0.1) is 50.0 Å². The summed E-state index contributed by atoms with van der Waals surface area (Å²) in [5.74, 6) is -0.320. The number of halogens is 2. The van der Waals surface area contributed by atoms with Crippen LogP contribution in [0.1, 0.15) is 18.0 Å². The predicted molar refractivity (Wildman–Crippen MR) is 142 cm³/mol. The lowest BCUT2D eigenvalue weighted by Crippen LogP contribution is -2.36. The van der Waals surface area contributed by atoms with E-state index < -0.39 is 17.7 Å². The number of nitrogens with zero attached hydrogens (tertiary/aromatic N) is 4. The van der Waals surface area contributed by atoms with Crippen LogP contribution in [0.4, 0.5) is 37.5 Å². The number of ether oxygens (including phenoxy) is 2. The topological polar surface area (TPSA) is 101 Å². The van der Waals surface area contributed by atoms with Crippen molar-refractivity contribution in [1.82, 2.24) is 9.97 Å². The number of hydrogen-bond acceptors (Lipinski definition) is 9. The summed E-state index contributed by atoms with van der Waals surface area (Å²) in [7, 11) is 1.55. The second kappa shape index (κ2) is 11.6. The molecule has 0 aliphatic carbocycles. The zero-order valence-electron chi connectivity index (χ0n) is 21.3. The second-order valence-corrected chi connectivity index (χ2v) is 8.92. The summed E-state index contributed by atoms with van der Waals surface area (Å²) in [6.07, 6.45) is 3.09. The molecule has 1 aromatic heterocycles. The van der Waals surface area contributed by atoms with E-state index in [2.05, 4.69) is 32.1 Å². The number of morpholine rings is 1. The fourth-order valence-electron chi connectivity index (χ4n) is 4.62. The monoisotopic (exact) mass is 538 g/mol. The normalized spacial score (nSPS) is 17.2. The average molecular weight is 539 g/mol. The van der Waals surface area contributed by atoms with Crippen LogP contribution in [0.25, 0.3) is 0 Å². The molecule has 2 aliphatic heterocycles. The molecule has 0 spiro atoms. The van der Waals surface area contributed by atoms with Crippen molar-refractivity contribution in [2.75, 3.05) is 60.6 Å². The highest BCUT2D eigenvalue weighted by Crippen LogP contribution is 2.40. The van der Waals surface area contributed by atoms with Gasteiger partial charge in [0, 0.05) is 37.7 Å². The maximum absolute atomic E-state index is 13.9. The Balaban J connectivity index is 1.45. The van der Waals surface area contributed by atoms with E-state index in [4.69, 9.17) is 14.3 Å². The predicted octanol–water partition coefficient (Wildman–Crippen LogP) is 4.35. The number of rotatable bonds is 8. The van der Waals surface area contributed by atoms with Crippen LogP contribution in [-0.2, 0) is 14.4 Å². The van der Waals surface area contributed by atoms with Gasteiger partial charge in [-0.1, -0.05) is 6.58 Å². The molecule has 2 aromatic carbocycles. The fraction of sp³-hybridized carbons (Fsp3) is 0.296. The van der Waals surface area contributed by atoms with Crippen LogP contribution in [-0.4, -0.2) is 55.9 Å². The van der Waals surface area contributed by atoms with E-state index in [1.807, 2.05) is 6.07 Å². The number of benzene rings is 2. The number of amides is 1. The molecule has 39 heavy (non-hydrogen) atoms. The molecule has 10 nitrogen and oxygen atoms in total. The third-order valence-electron chi connectivity index (χ3n) is 6.43. The summed E-state index contributed by atoms with van der Waals surface area (Å²) in [6, 6.07) is 8.24. The smallest absolute Gasteiger partial charge is 0.247 e. The summed E-state index contributed by atoms with van der Waals surface area (Å²) in [5, 5.41) is 7.61. The molecule has 2 N–H and O–H groups in total. The first kappa shape index (κ1) is 26.3. The van der Waals surface area contributed by atoms with Crippen molar-refractivity contribution in [3.05, 3.63) is 72.6 Å². The fourth-order valence-corrected chi connectivity index (χ4v) is 4.62. The lowest BCUT2D eigenvalue weighted by Gasteiger charge is -2.31. The number of carbonyl (C=O) groups excluding carboxylic acids is 1. The minimum atomic E-state index is -0.658. The molecule has 2 saturated heterocycles. The molecule has 1 unspecified atom stereocenters. The van der Waals surface area contributed by atoms with Crippen LogP contribution in [0, 0.1) is 11.6 Å². The van der Waals surface area contributed by atoms with Crippen LogP contribution >= 0.6 is 0 Å². The Morgan fingerprint density at radius 2 is 1.85 bits per heavy atom. The van der Waals surface area contributed by atoms with E-state index in [-0.39, 0.29) is 5.91 Å². The van der Waals surface area contributed by atoms with E-state index >= 15 is 0 Å². The average Bonchev–Trinajstić information content (AvgIpc) is 3.44. The van der Waals surface area contributed by atoms with Gasteiger partial charge in [-0.15, -0.1) is 0 Å². The number of nitrogens with one attached hydrogen (secondary N) is 2. The summed E-state index contributed by atoms with van der Waals surface area (Å²) in [4.78, 5) is 28.7. The van der Waals surface area contributed by atoms with Gasteiger partial charge in [-0.25, -0.2) is 23.8 Å².